The average molecular weight is 230 g/mol. The van der Waals surface area contributed by atoms with Gasteiger partial charge in [-0.2, -0.15) is 0 Å². The predicted molar refractivity (Wildman–Crippen MR) is 68.8 cm³/mol. The third kappa shape index (κ3) is 1.61. The smallest absolute Gasteiger partial charge is 0.230 e. The van der Waals surface area contributed by atoms with Crippen molar-refractivity contribution in [1.82, 2.24) is 0 Å². The first-order valence-electron chi connectivity index (χ1n) is 6.19. The number of hydrogen-bond acceptors (Lipinski definition) is 2. The van der Waals surface area contributed by atoms with E-state index in [1.807, 2.05) is 23.1 Å². The summed E-state index contributed by atoms with van der Waals surface area (Å²) in [5, 5.41) is 0. The van der Waals surface area contributed by atoms with Gasteiger partial charge in [0, 0.05) is 23.8 Å². The summed E-state index contributed by atoms with van der Waals surface area (Å²) in [5.74, 6) is 0.504. The van der Waals surface area contributed by atoms with Gasteiger partial charge in [-0.15, -0.1) is 0 Å². The van der Waals surface area contributed by atoms with Crippen LogP contribution < -0.4 is 10.6 Å². The standard InChI is InChI=1S/C14H18N2O/c1-14(2)8-11(14)13(17)16-6-5-9-7-10(15)3-4-12(9)16/h3-4,7,11H,5-6,8,15H2,1-2H3. The lowest BCUT2D eigenvalue weighted by molar-refractivity contribution is -0.120. The quantitative estimate of drug-likeness (QED) is 0.752. The van der Waals surface area contributed by atoms with E-state index < -0.39 is 0 Å². The number of carbonyl (C=O) groups excluding carboxylic acids is 1. The summed E-state index contributed by atoms with van der Waals surface area (Å²) < 4.78 is 0. The molecule has 1 aromatic rings. The summed E-state index contributed by atoms with van der Waals surface area (Å²) in [7, 11) is 0. The fourth-order valence-corrected chi connectivity index (χ4v) is 2.73. The molecule has 2 aliphatic rings. The van der Waals surface area contributed by atoms with Gasteiger partial charge in [-0.1, -0.05) is 13.8 Å². The number of carbonyl (C=O) groups is 1. The van der Waals surface area contributed by atoms with Crippen molar-refractivity contribution in [3.63, 3.8) is 0 Å². The summed E-state index contributed by atoms with van der Waals surface area (Å²) in [6.07, 6.45) is 1.95. The van der Waals surface area contributed by atoms with Crippen molar-refractivity contribution in [2.75, 3.05) is 17.2 Å². The monoisotopic (exact) mass is 230 g/mol. The third-order valence-electron chi connectivity index (χ3n) is 4.08. The van der Waals surface area contributed by atoms with E-state index in [4.69, 9.17) is 5.73 Å². The average Bonchev–Trinajstić information content (AvgIpc) is 2.72. The molecular weight excluding hydrogens is 212 g/mol. The van der Waals surface area contributed by atoms with Crippen LogP contribution in [0.2, 0.25) is 0 Å². The lowest BCUT2D eigenvalue weighted by Gasteiger charge is -2.18. The van der Waals surface area contributed by atoms with Crippen molar-refractivity contribution < 1.29 is 4.79 Å². The van der Waals surface area contributed by atoms with E-state index in [0.717, 1.165) is 30.8 Å². The van der Waals surface area contributed by atoms with Crippen molar-refractivity contribution in [3.8, 4) is 0 Å². The molecule has 0 radical (unpaired) electrons. The molecule has 90 valence electrons. The van der Waals surface area contributed by atoms with Gasteiger partial charge in [-0.05, 0) is 42.0 Å². The predicted octanol–water partition coefficient (Wildman–Crippen LogP) is 2.20. The number of rotatable bonds is 1. The van der Waals surface area contributed by atoms with Crippen LogP contribution in [0, 0.1) is 11.3 Å². The first-order chi connectivity index (χ1) is 7.99. The van der Waals surface area contributed by atoms with E-state index >= 15 is 0 Å². The van der Waals surface area contributed by atoms with E-state index in [0.29, 0.717) is 5.91 Å². The maximum Gasteiger partial charge on any atom is 0.230 e. The summed E-state index contributed by atoms with van der Waals surface area (Å²) in [6, 6.07) is 5.84. The van der Waals surface area contributed by atoms with Gasteiger partial charge in [0.05, 0.1) is 0 Å². The zero-order chi connectivity index (χ0) is 12.2. The molecule has 1 amide bonds. The molecule has 1 atom stereocenters. The zero-order valence-corrected chi connectivity index (χ0v) is 10.4. The fourth-order valence-electron chi connectivity index (χ4n) is 2.73. The minimum atomic E-state index is 0.202. The number of nitrogen functional groups attached to an aromatic ring is 1. The fraction of sp³-hybridized carbons (Fsp3) is 0.500. The van der Waals surface area contributed by atoms with E-state index in [9.17, 15) is 4.79 Å². The molecular formula is C14H18N2O. The molecule has 1 aliphatic carbocycles. The number of benzene rings is 1. The van der Waals surface area contributed by atoms with E-state index in [2.05, 4.69) is 13.8 Å². The molecule has 3 nitrogen and oxygen atoms in total. The summed E-state index contributed by atoms with van der Waals surface area (Å²) in [4.78, 5) is 14.3. The van der Waals surface area contributed by atoms with Crippen molar-refractivity contribution in [2.24, 2.45) is 11.3 Å². The van der Waals surface area contributed by atoms with Crippen LogP contribution in [0.5, 0.6) is 0 Å². The number of anilines is 2. The second-order valence-corrected chi connectivity index (χ2v) is 5.87. The second-order valence-electron chi connectivity index (χ2n) is 5.87. The summed E-state index contributed by atoms with van der Waals surface area (Å²) in [6.45, 7) is 5.13. The highest BCUT2D eigenvalue weighted by Gasteiger charge is 2.52. The Morgan fingerprint density at radius 1 is 1.47 bits per heavy atom. The minimum Gasteiger partial charge on any atom is -0.399 e. The molecule has 1 aliphatic heterocycles. The molecule has 1 fully saturated rings. The van der Waals surface area contributed by atoms with Crippen LogP contribution in [-0.2, 0) is 11.2 Å². The zero-order valence-electron chi connectivity index (χ0n) is 10.4. The molecule has 0 aromatic heterocycles. The Kier molecular flexibility index (Phi) is 2.03. The molecule has 1 aromatic carbocycles. The van der Waals surface area contributed by atoms with E-state index in [1.54, 1.807) is 0 Å². The normalized spacial score (nSPS) is 24.6. The Balaban J connectivity index is 1.87. The van der Waals surface area contributed by atoms with Crippen LogP contribution in [0.25, 0.3) is 0 Å². The van der Waals surface area contributed by atoms with Gasteiger partial charge >= 0.3 is 0 Å². The Morgan fingerprint density at radius 2 is 2.18 bits per heavy atom. The van der Waals surface area contributed by atoms with Crippen molar-refractivity contribution in [1.29, 1.82) is 0 Å². The van der Waals surface area contributed by atoms with Crippen LogP contribution in [0.3, 0.4) is 0 Å². The molecule has 1 heterocycles. The largest absolute Gasteiger partial charge is 0.399 e. The third-order valence-corrected chi connectivity index (χ3v) is 4.08. The van der Waals surface area contributed by atoms with Gasteiger partial charge < -0.3 is 10.6 Å². The van der Waals surface area contributed by atoms with Gasteiger partial charge in [-0.25, -0.2) is 0 Å². The van der Waals surface area contributed by atoms with Crippen molar-refractivity contribution in [2.45, 2.75) is 26.7 Å². The number of hydrogen-bond donors (Lipinski definition) is 1. The second kappa shape index (κ2) is 3.25. The van der Waals surface area contributed by atoms with Crippen LogP contribution in [0.1, 0.15) is 25.8 Å². The molecule has 0 saturated heterocycles. The highest BCUT2D eigenvalue weighted by atomic mass is 16.2. The van der Waals surface area contributed by atoms with Crippen molar-refractivity contribution in [3.05, 3.63) is 23.8 Å². The number of amides is 1. The first kappa shape index (κ1) is 10.6. The maximum atomic E-state index is 12.4. The maximum absolute atomic E-state index is 12.4. The van der Waals surface area contributed by atoms with Crippen LogP contribution in [-0.4, -0.2) is 12.5 Å². The lowest BCUT2D eigenvalue weighted by atomic mass is 10.1. The van der Waals surface area contributed by atoms with Crippen molar-refractivity contribution >= 4 is 17.3 Å². The molecule has 0 spiro atoms. The van der Waals surface area contributed by atoms with Gasteiger partial charge in [-0.3, -0.25) is 4.79 Å². The van der Waals surface area contributed by atoms with Crippen LogP contribution in [0.4, 0.5) is 11.4 Å². The molecule has 2 N–H and O–H groups in total. The number of nitrogens with two attached hydrogens (primary N) is 1. The topological polar surface area (TPSA) is 46.3 Å². The first-order valence-corrected chi connectivity index (χ1v) is 6.19. The molecule has 1 saturated carbocycles. The lowest BCUT2D eigenvalue weighted by Crippen LogP contribution is -2.31. The molecule has 0 bridgehead atoms. The van der Waals surface area contributed by atoms with E-state index in [-0.39, 0.29) is 11.3 Å². The Morgan fingerprint density at radius 3 is 2.82 bits per heavy atom. The highest BCUT2D eigenvalue weighted by molar-refractivity contribution is 5.99. The van der Waals surface area contributed by atoms with Gasteiger partial charge in [0.25, 0.3) is 0 Å². The SMILES string of the molecule is CC1(C)CC1C(=O)N1CCc2cc(N)ccc21. The summed E-state index contributed by atoms with van der Waals surface area (Å²) in [5.41, 5.74) is 9.02. The van der Waals surface area contributed by atoms with Gasteiger partial charge in [0.2, 0.25) is 5.91 Å². The molecule has 3 heteroatoms. The Labute approximate surface area is 102 Å². The van der Waals surface area contributed by atoms with E-state index in [1.165, 1.54) is 5.56 Å². The van der Waals surface area contributed by atoms with Gasteiger partial charge in [0.15, 0.2) is 0 Å². The number of nitrogens with zero attached hydrogens (tertiary/aromatic N) is 1. The molecule has 3 rings (SSSR count). The number of fused-ring (bicyclic) bond motifs is 1. The Bertz CT molecular complexity index is 493. The van der Waals surface area contributed by atoms with Crippen LogP contribution >= 0.6 is 0 Å². The Hall–Kier alpha value is -1.51. The highest BCUT2D eigenvalue weighted by Crippen LogP contribution is 2.53. The molecule has 17 heavy (non-hydrogen) atoms. The minimum absolute atomic E-state index is 0.202. The van der Waals surface area contributed by atoms with Crippen LogP contribution in [0.15, 0.2) is 18.2 Å². The van der Waals surface area contributed by atoms with Gasteiger partial charge in [0.1, 0.15) is 0 Å². The molecule has 1 unspecified atom stereocenters. The summed E-state index contributed by atoms with van der Waals surface area (Å²) >= 11 is 0.